The van der Waals surface area contributed by atoms with Crippen molar-refractivity contribution in [3.63, 3.8) is 0 Å². The quantitative estimate of drug-likeness (QED) is 0.792. The van der Waals surface area contributed by atoms with Crippen molar-refractivity contribution in [1.82, 2.24) is 0 Å². The third kappa shape index (κ3) is 3.95. The smallest absolute Gasteiger partial charge is 0.349 e. The second-order valence-electron chi connectivity index (χ2n) is 4.38. The predicted octanol–water partition coefficient (Wildman–Crippen LogP) is 2.91. The van der Waals surface area contributed by atoms with Gasteiger partial charge >= 0.3 is 5.97 Å². The average Bonchev–Trinajstić information content (AvgIpc) is 2.47. The summed E-state index contributed by atoms with van der Waals surface area (Å²) in [6.07, 6.45) is 0.119. The van der Waals surface area contributed by atoms with Gasteiger partial charge in [-0.2, -0.15) is 0 Å². The first kappa shape index (κ1) is 13.8. The molecule has 4 heteroatoms. The number of nitrogens with one attached hydrogen (secondary N) is 1. The van der Waals surface area contributed by atoms with Gasteiger partial charge in [0.15, 0.2) is 0 Å². The fourth-order valence-electron chi connectivity index (χ4n) is 1.72. The molecular formula is C16H15NO3. The highest BCUT2D eigenvalue weighted by Crippen LogP contribution is 2.14. The van der Waals surface area contributed by atoms with Crippen LogP contribution in [0, 0.1) is 5.41 Å². The zero-order chi connectivity index (χ0) is 14.4. The Hall–Kier alpha value is -2.62. The van der Waals surface area contributed by atoms with Gasteiger partial charge in [-0.15, -0.1) is 0 Å². The van der Waals surface area contributed by atoms with Crippen LogP contribution in [0.3, 0.4) is 0 Å². The van der Waals surface area contributed by atoms with Crippen molar-refractivity contribution in [2.75, 3.05) is 0 Å². The molecule has 2 N–H and O–H groups in total. The largest absolute Gasteiger partial charge is 0.489 e. The summed E-state index contributed by atoms with van der Waals surface area (Å²) >= 11 is 0. The number of carboxylic acids is 1. The van der Waals surface area contributed by atoms with Gasteiger partial charge in [0.25, 0.3) is 0 Å². The van der Waals surface area contributed by atoms with Gasteiger partial charge in [-0.1, -0.05) is 42.5 Å². The maximum atomic E-state index is 10.6. The van der Waals surface area contributed by atoms with Crippen LogP contribution in [0.2, 0.25) is 0 Å². The Morgan fingerprint density at radius 3 is 2.25 bits per heavy atom. The maximum absolute atomic E-state index is 10.6. The number of benzene rings is 2. The van der Waals surface area contributed by atoms with Crippen LogP contribution in [0.25, 0.3) is 0 Å². The molecule has 0 heterocycles. The fraction of sp³-hybridized carbons (Fsp3) is 0.125. The number of hydrogen-bond donors (Lipinski definition) is 2. The predicted molar refractivity (Wildman–Crippen MR) is 76.3 cm³/mol. The Labute approximate surface area is 117 Å². The molecule has 0 unspecified atom stereocenters. The van der Waals surface area contributed by atoms with Crippen LogP contribution >= 0.6 is 0 Å². The lowest BCUT2D eigenvalue weighted by Gasteiger charge is -2.07. The third-order valence-corrected chi connectivity index (χ3v) is 2.81. The SMILES string of the molecule is N=C(Cc1ccc(OCc2ccccc2)cc1)C(=O)O. The van der Waals surface area contributed by atoms with Gasteiger partial charge < -0.3 is 9.84 Å². The van der Waals surface area contributed by atoms with E-state index in [0.29, 0.717) is 6.61 Å². The molecule has 0 aliphatic heterocycles. The summed E-state index contributed by atoms with van der Waals surface area (Å²) in [6.45, 7) is 0.491. The van der Waals surface area contributed by atoms with Crippen LogP contribution in [0.1, 0.15) is 11.1 Å². The molecule has 0 atom stereocenters. The second-order valence-corrected chi connectivity index (χ2v) is 4.38. The molecule has 0 radical (unpaired) electrons. The van der Waals surface area contributed by atoms with E-state index in [4.69, 9.17) is 15.3 Å². The zero-order valence-electron chi connectivity index (χ0n) is 10.9. The molecule has 0 aromatic heterocycles. The van der Waals surface area contributed by atoms with Crippen molar-refractivity contribution in [3.05, 3.63) is 65.7 Å². The highest BCUT2D eigenvalue weighted by atomic mass is 16.5. The summed E-state index contributed by atoms with van der Waals surface area (Å²) < 4.78 is 5.63. The Morgan fingerprint density at radius 1 is 1.00 bits per heavy atom. The molecule has 0 saturated heterocycles. The second kappa shape index (κ2) is 6.52. The van der Waals surface area contributed by atoms with Crippen molar-refractivity contribution in [2.24, 2.45) is 0 Å². The van der Waals surface area contributed by atoms with Crippen molar-refractivity contribution in [2.45, 2.75) is 13.0 Å². The average molecular weight is 269 g/mol. The lowest BCUT2D eigenvalue weighted by atomic mass is 10.1. The summed E-state index contributed by atoms with van der Waals surface area (Å²) in [6, 6.07) is 17.0. The summed E-state index contributed by atoms with van der Waals surface area (Å²) in [7, 11) is 0. The normalized spacial score (nSPS) is 10.0. The summed E-state index contributed by atoms with van der Waals surface area (Å²) in [5, 5.41) is 16.0. The molecule has 0 fully saturated rings. The standard InChI is InChI=1S/C16H15NO3/c17-15(16(18)19)10-12-6-8-14(9-7-12)20-11-13-4-2-1-3-5-13/h1-9,17H,10-11H2,(H,18,19). The van der Waals surface area contributed by atoms with E-state index < -0.39 is 5.97 Å². The summed E-state index contributed by atoms with van der Waals surface area (Å²) in [5.74, 6) is -0.464. The van der Waals surface area contributed by atoms with Crippen LogP contribution in [0.5, 0.6) is 5.75 Å². The van der Waals surface area contributed by atoms with Crippen molar-refractivity contribution < 1.29 is 14.6 Å². The highest BCUT2D eigenvalue weighted by Gasteiger charge is 2.07. The van der Waals surface area contributed by atoms with E-state index in [9.17, 15) is 4.79 Å². The van der Waals surface area contributed by atoms with E-state index in [1.54, 1.807) is 24.3 Å². The number of carbonyl (C=O) groups is 1. The molecule has 0 saturated carbocycles. The van der Waals surface area contributed by atoms with E-state index in [-0.39, 0.29) is 12.1 Å². The first-order chi connectivity index (χ1) is 9.65. The molecule has 2 rings (SSSR count). The minimum absolute atomic E-state index is 0.119. The molecule has 4 nitrogen and oxygen atoms in total. The van der Waals surface area contributed by atoms with Gasteiger partial charge in [0.2, 0.25) is 0 Å². The lowest BCUT2D eigenvalue weighted by Crippen LogP contribution is -2.14. The van der Waals surface area contributed by atoms with E-state index in [1.165, 1.54) is 0 Å². The number of aliphatic carboxylic acids is 1. The minimum Gasteiger partial charge on any atom is -0.489 e. The van der Waals surface area contributed by atoms with Gasteiger partial charge in [0.05, 0.1) is 0 Å². The Balaban J connectivity index is 1.91. The molecule has 0 aliphatic rings. The zero-order valence-corrected chi connectivity index (χ0v) is 10.9. The molecule has 0 spiro atoms. The first-order valence-electron chi connectivity index (χ1n) is 6.21. The van der Waals surface area contributed by atoms with Crippen LogP contribution in [-0.2, 0) is 17.8 Å². The van der Waals surface area contributed by atoms with Crippen LogP contribution in [0.4, 0.5) is 0 Å². The van der Waals surface area contributed by atoms with Crippen molar-refractivity contribution in [3.8, 4) is 5.75 Å². The van der Waals surface area contributed by atoms with Crippen molar-refractivity contribution >= 4 is 11.7 Å². The molecule has 0 amide bonds. The van der Waals surface area contributed by atoms with E-state index in [2.05, 4.69) is 0 Å². The third-order valence-electron chi connectivity index (χ3n) is 2.81. The number of hydrogen-bond acceptors (Lipinski definition) is 3. The van der Waals surface area contributed by atoms with Gasteiger partial charge in [-0.3, -0.25) is 5.41 Å². The van der Waals surface area contributed by atoms with Gasteiger partial charge in [-0.25, -0.2) is 4.79 Å². The maximum Gasteiger partial charge on any atom is 0.349 e. The van der Waals surface area contributed by atoms with Crippen LogP contribution < -0.4 is 4.74 Å². The van der Waals surface area contributed by atoms with Crippen LogP contribution in [0.15, 0.2) is 54.6 Å². The molecule has 2 aromatic rings. The number of carboxylic acid groups (broad SMARTS) is 1. The van der Waals surface area contributed by atoms with Gasteiger partial charge in [-0.05, 0) is 23.3 Å². The van der Waals surface area contributed by atoms with E-state index >= 15 is 0 Å². The molecule has 2 aromatic carbocycles. The topological polar surface area (TPSA) is 70.4 Å². The Bertz CT molecular complexity index is 591. The summed E-state index contributed by atoms with van der Waals surface area (Å²) in [4.78, 5) is 10.6. The molecular weight excluding hydrogens is 254 g/mol. The van der Waals surface area contributed by atoms with Gasteiger partial charge in [0.1, 0.15) is 18.1 Å². The molecule has 20 heavy (non-hydrogen) atoms. The monoisotopic (exact) mass is 269 g/mol. The minimum atomic E-state index is -1.19. The van der Waals surface area contributed by atoms with Crippen LogP contribution in [-0.4, -0.2) is 16.8 Å². The number of rotatable bonds is 6. The molecule has 0 bridgehead atoms. The van der Waals surface area contributed by atoms with E-state index in [0.717, 1.165) is 16.9 Å². The fourth-order valence-corrected chi connectivity index (χ4v) is 1.72. The first-order valence-corrected chi connectivity index (χ1v) is 6.21. The van der Waals surface area contributed by atoms with Crippen molar-refractivity contribution in [1.29, 1.82) is 5.41 Å². The van der Waals surface area contributed by atoms with E-state index in [1.807, 2.05) is 30.3 Å². The molecule has 0 aliphatic carbocycles. The van der Waals surface area contributed by atoms with Gasteiger partial charge in [0, 0.05) is 6.42 Å². The number of ether oxygens (including phenoxy) is 1. The Morgan fingerprint density at radius 2 is 1.65 bits per heavy atom. The lowest BCUT2D eigenvalue weighted by molar-refractivity contribution is -0.129. The summed E-state index contributed by atoms with van der Waals surface area (Å²) in [5.41, 5.74) is 1.55. The Kier molecular flexibility index (Phi) is 4.50. The molecule has 102 valence electrons. The highest BCUT2D eigenvalue weighted by molar-refractivity contribution is 6.34.